The summed E-state index contributed by atoms with van der Waals surface area (Å²) in [4.78, 5) is 27.2. The third-order valence-corrected chi connectivity index (χ3v) is 7.18. The SMILES string of the molecule is CC(C)c1nc(C(=O)Nc2ccccc2C2=CC(C(=S)NC(N)=O)(C(F)(F)F)C(O)(Cl)C=C2)cs1. The monoisotopic (exact) mass is 544 g/mol. The molecule has 3 rings (SSSR count). The van der Waals surface area contributed by atoms with E-state index in [0.29, 0.717) is 12.2 Å². The van der Waals surface area contributed by atoms with Crippen molar-refractivity contribution in [1.29, 1.82) is 0 Å². The largest absolute Gasteiger partial charge is 0.408 e. The number of allylic oxidation sites excluding steroid dienone is 2. The summed E-state index contributed by atoms with van der Waals surface area (Å²) in [5, 5.41) is 14.2. The van der Waals surface area contributed by atoms with Crippen molar-refractivity contribution in [1.82, 2.24) is 10.3 Å². The Balaban J connectivity index is 2.08. The van der Waals surface area contributed by atoms with Crippen LogP contribution in [0.15, 0.2) is 47.9 Å². The quantitative estimate of drug-likeness (QED) is 0.314. The molecule has 1 aromatic heterocycles. The molecule has 1 aliphatic rings. The summed E-state index contributed by atoms with van der Waals surface area (Å²) >= 11 is 12.0. The number of primary amides is 1. The molecule has 2 atom stereocenters. The lowest BCUT2D eigenvalue weighted by atomic mass is 9.74. The summed E-state index contributed by atoms with van der Waals surface area (Å²) in [7, 11) is 0. The third kappa shape index (κ3) is 5.10. The Morgan fingerprint density at radius 3 is 2.51 bits per heavy atom. The number of anilines is 1. The maximum atomic E-state index is 14.4. The number of thiazole rings is 1. The first-order valence-corrected chi connectivity index (χ1v) is 11.7. The normalized spacial score (nSPS) is 22.0. The van der Waals surface area contributed by atoms with E-state index in [1.165, 1.54) is 23.5 Å². The molecule has 7 nitrogen and oxygen atoms in total. The Bertz CT molecular complexity index is 1240. The average Bonchev–Trinajstić information content (AvgIpc) is 3.23. The Morgan fingerprint density at radius 1 is 1.29 bits per heavy atom. The molecular formula is C22H20ClF3N4O3S2. The summed E-state index contributed by atoms with van der Waals surface area (Å²) < 4.78 is 43.2. The topological polar surface area (TPSA) is 117 Å². The van der Waals surface area contributed by atoms with Crippen LogP contribution in [0.5, 0.6) is 0 Å². The fourth-order valence-corrected chi connectivity index (χ4v) is 5.04. The van der Waals surface area contributed by atoms with Crippen LogP contribution in [-0.2, 0) is 0 Å². The number of thiocarbonyl (C=S) groups is 1. The number of amides is 3. The summed E-state index contributed by atoms with van der Waals surface area (Å²) in [5.41, 5.74) is 2.01. The van der Waals surface area contributed by atoms with Gasteiger partial charge in [-0.1, -0.05) is 68.0 Å². The number of carbonyl (C=O) groups is 2. The zero-order valence-corrected chi connectivity index (χ0v) is 20.7. The standard InChI is InChI=1S/C22H20ClF3N4O3S2/c1-11(2)17-29-15(10-35-17)16(31)28-14-6-4-3-5-13(14)12-7-8-21(23,33)20(9-12,22(24,25)26)18(34)30-19(27)32/h3-11,33H,1-2H3,(H,28,31)(H3,27,30,32,34). The molecule has 2 unspecified atom stereocenters. The minimum atomic E-state index is -5.24. The van der Waals surface area contributed by atoms with Crippen molar-refractivity contribution in [2.24, 2.45) is 11.1 Å². The molecule has 0 aliphatic heterocycles. The number of carbonyl (C=O) groups excluding carboxylic acids is 2. The van der Waals surface area contributed by atoms with Crippen LogP contribution < -0.4 is 16.4 Å². The van der Waals surface area contributed by atoms with Gasteiger partial charge in [0.05, 0.1) is 5.01 Å². The summed E-state index contributed by atoms with van der Waals surface area (Å²) in [6, 6.07) is 4.75. The molecule has 0 spiro atoms. The molecule has 1 heterocycles. The van der Waals surface area contributed by atoms with Crippen LogP contribution in [0.3, 0.4) is 0 Å². The number of nitrogens with zero attached hydrogens (tertiary/aromatic N) is 1. The molecule has 3 amide bonds. The van der Waals surface area contributed by atoms with Crippen LogP contribution >= 0.6 is 35.2 Å². The molecule has 0 radical (unpaired) electrons. The van der Waals surface area contributed by atoms with Gasteiger partial charge in [-0.3, -0.25) is 4.79 Å². The van der Waals surface area contributed by atoms with Gasteiger partial charge in [-0.15, -0.1) is 11.3 Å². The van der Waals surface area contributed by atoms with Gasteiger partial charge < -0.3 is 21.5 Å². The second-order valence-corrected chi connectivity index (χ2v) is 9.83. The first kappa shape index (κ1) is 26.8. The lowest BCUT2D eigenvalue weighted by Crippen LogP contribution is -2.61. The van der Waals surface area contributed by atoms with Crippen molar-refractivity contribution in [3.05, 3.63) is 64.1 Å². The van der Waals surface area contributed by atoms with Crippen molar-refractivity contribution >= 4 is 63.3 Å². The van der Waals surface area contributed by atoms with Crippen molar-refractivity contribution in [2.45, 2.75) is 31.0 Å². The number of hydrogen-bond acceptors (Lipinski definition) is 6. The number of aromatic nitrogens is 1. The van der Waals surface area contributed by atoms with Crippen molar-refractivity contribution in [3.63, 3.8) is 0 Å². The van der Waals surface area contributed by atoms with Gasteiger partial charge in [0, 0.05) is 22.5 Å². The number of nitrogens with one attached hydrogen (secondary N) is 2. The molecule has 13 heteroatoms. The highest BCUT2D eigenvalue weighted by atomic mass is 35.5. The molecule has 0 bridgehead atoms. The zero-order chi connectivity index (χ0) is 26.2. The maximum Gasteiger partial charge on any atom is 0.408 e. The summed E-state index contributed by atoms with van der Waals surface area (Å²) in [6.07, 6.45) is -2.77. The molecule has 0 saturated carbocycles. The van der Waals surface area contributed by atoms with Gasteiger partial charge >= 0.3 is 12.2 Å². The Kier molecular flexibility index (Phi) is 7.42. The Morgan fingerprint density at radius 2 is 1.94 bits per heavy atom. The van der Waals surface area contributed by atoms with Gasteiger partial charge in [0.25, 0.3) is 5.91 Å². The second-order valence-electron chi connectivity index (χ2n) is 7.96. The molecule has 0 fully saturated rings. The lowest BCUT2D eigenvalue weighted by Gasteiger charge is -2.43. The minimum absolute atomic E-state index is 0.0710. The van der Waals surface area contributed by atoms with Crippen LogP contribution in [-0.4, -0.2) is 38.3 Å². The molecule has 1 aromatic carbocycles. The maximum absolute atomic E-state index is 14.4. The Hall–Kier alpha value is -2.80. The van der Waals surface area contributed by atoms with E-state index in [1.807, 2.05) is 13.8 Å². The van der Waals surface area contributed by atoms with E-state index in [4.69, 9.17) is 29.6 Å². The molecule has 186 valence electrons. The van der Waals surface area contributed by atoms with E-state index in [1.54, 1.807) is 22.8 Å². The number of para-hydroxylation sites is 1. The summed E-state index contributed by atoms with van der Waals surface area (Å²) in [6.45, 7) is 3.86. The van der Waals surface area contributed by atoms with Gasteiger partial charge in [-0.25, -0.2) is 9.78 Å². The highest BCUT2D eigenvalue weighted by Crippen LogP contribution is 2.54. The second kappa shape index (κ2) is 9.69. The molecule has 1 aliphatic carbocycles. The molecule has 5 N–H and O–H groups in total. The van der Waals surface area contributed by atoms with Crippen molar-refractivity contribution in [2.75, 3.05) is 5.32 Å². The number of benzene rings is 1. The summed E-state index contributed by atoms with van der Waals surface area (Å²) in [5.74, 6) is -0.433. The fourth-order valence-electron chi connectivity index (χ4n) is 3.41. The van der Waals surface area contributed by atoms with Gasteiger partial charge in [0.2, 0.25) is 0 Å². The number of halogens is 4. The lowest BCUT2D eigenvalue weighted by molar-refractivity contribution is -0.209. The predicted molar refractivity (Wildman–Crippen MR) is 132 cm³/mol. The number of rotatable bonds is 5. The molecule has 0 saturated heterocycles. The van der Waals surface area contributed by atoms with Crippen molar-refractivity contribution in [3.8, 4) is 0 Å². The van der Waals surface area contributed by atoms with Gasteiger partial charge in [-0.2, -0.15) is 13.2 Å². The van der Waals surface area contributed by atoms with Gasteiger partial charge in [0.15, 0.2) is 10.5 Å². The van der Waals surface area contributed by atoms with E-state index in [-0.39, 0.29) is 28.4 Å². The van der Waals surface area contributed by atoms with Crippen LogP contribution in [0.25, 0.3) is 5.57 Å². The zero-order valence-electron chi connectivity index (χ0n) is 18.3. The molecule has 2 aromatic rings. The molecular weight excluding hydrogens is 525 g/mol. The van der Waals surface area contributed by atoms with Crippen LogP contribution in [0.1, 0.15) is 40.8 Å². The minimum Gasteiger partial charge on any atom is -0.370 e. The average molecular weight is 545 g/mol. The van der Waals surface area contributed by atoms with E-state index in [2.05, 4.69) is 10.3 Å². The number of urea groups is 1. The highest BCUT2D eigenvalue weighted by Gasteiger charge is 2.68. The third-order valence-electron chi connectivity index (χ3n) is 5.19. The van der Waals surface area contributed by atoms with Gasteiger partial charge in [-0.05, 0) is 17.7 Å². The first-order chi connectivity index (χ1) is 16.2. The van der Waals surface area contributed by atoms with Crippen LogP contribution in [0.4, 0.5) is 23.7 Å². The number of alkyl halides is 4. The predicted octanol–water partition coefficient (Wildman–Crippen LogP) is 4.94. The molecule has 35 heavy (non-hydrogen) atoms. The highest BCUT2D eigenvalue weighted by molar-refractivity contribution is 7.80. The van der Waals surface area contributed by atoms with E-state index in [0.717, 1.165) is 11.1 Å². The van der Waals surface area contributed by atoms with Crippen LogP contribution in [0, 0.1) is 5.41 Å². The van der Waals surface area contributed by atoms with E-state index >= 15 is 0 Å². The fraction of sp³-hybridized carbons (Fsp3) is 0.273. The van der Waals surface area contributed by atoms with Gasteiger partial charge in [0.1, 0.15) is 10.7 Å². The first-order valence-electron chi connectivity index (χ1n) is 10.1. The smallest absolute Gasteiger partial charge is 0.370 e. The number of aliphatic hydroxyl groups is 1. The Labute approximate surface area is 212 Å². The van der Waals surface area contributed by atoms with E-state index in [9.17, 15) is 27.9 Å². The van der Waals surface area contributed by atoms with Crippen LogP contribution in [0.2, 0.25) is 0 Å². The van der Waals surface area contributed by atoms with Crippen molar-refractivity contribution < 1.29 is 27.9 Å². The number of nitrogens with two attached hydrogens (primary N) is 1. The number of hydrogen-bond donors (Lipinski definition) is 4. The van der Waals surface area contributed by atoms with E-state index < -0.39 is 33.6 Å².